The molecule has 2 unspecified atom stereocenters. The maximum atomic E-state index is 10.2. The highest BCUT2D eigenvalue weighted by Crippen LogP contribution is 2.35. The molecular formula is C11H15NOS. The highest BCUT2D eigenvalue weighted by molar-refractivity contribution is 7.12. The van der Waals surface area contributed by atoms with Crippen LogP contribution in [0.3, 0.4) is 0 Å². The number of thiophene rings is 1. The topological polar surface area (TPSA) is 44.0 Å². The molecule has 0 saturated carbocycles. The van der Waals surface area contributed by atoms with Gasteiger partial charge in [0, 0.05) is 9.75 Å². The largest absolute Gasteiger partial charge is 0.383 e. The zero-order valence-corrected chi connectivity index (χ0v) is 9.56. The van der Waals surface area contributed by atoms with Crippen LogP contribution < -0.4 is 0 Å². The van der Waals surface area contributed by atoms with E-state index < -0.39 is 5.60 Å². The van der Waals surface area contributed by atoms with Gasteiger partial charge in [0.15, 0.2) is 0 Å². The van der Waals surface area contributed by atoms with Crippen molar-refractivity contribution >= 4 is 11.3 Å². The molecule has 2 atom stereocenters. The lowest BCUT2D eigenvalue weighted by molar-refractivity contribution is 0.0187. The van der Waals surface area contributed by atoms with Crippen LogP contribution in [0, 0.1) is 24.2 Å². The number of aryl methyl sites for hydroxylation is 1. The van der Waals surface area contributed by atoms with E-state index in [2.05, 4.69) is 6.07 Å². The third-order valence-electron chi connectivity index (χ3n) is 2.48. The Morgan fingerprint density at radius 2 is 2.29 bits per heavy atom. The minimum Gasteiger partial charge on any atom is -0.383 e. The molecule has 0 bridgehead atoms. The third kappa shape index (κ3) is 1.97. The smallest absolute Gasteiger partial charge is 0.112 e. The summed E-state index contributed by atoms with van der Waals surface area (Å²) >= 11 is 1.55. The molecule has 0 saturated heterocycles. The lowest BCUT2D eigenvalue weighted by atomic mass is 9.87. The van der Waals surface area contributed by atoms with Gasteiger partial charge < -0.3 is 5.11 Å². The standard InChI is InChI=1S/C11H15NOS/c1-4-9(7-12)11(3,13)10-6-5-8(2)14-10/h5-6,9,13H,4H2,1-3H3. The number of nitriles is 1. The lowest BCUT2D eigenvalue weighted by Gasteiger charge is -2.26. The van der Waals surface area contributed by atoms with Crippen LogP contribution >= 0.6 is 11.3 Å². The Labute approximate surface area is 88.8 Å². The van der Waals surface area contributed by atoms with Gasteiger partial charge in [0.2, 0.25) is 0 Å². The maximum Gasteiger partial charge on any atom is 0.112 e. The van der Waals surface area contributed by atoms with E-state index in [1.807, 2.05) is 26.0 Å². The molecule has 3 heteroatoms. The number of hydrogen-bond acceptors (Lipinski definition) is 3. The van der Waals surface area contributed by atoms with E-state index in [0.717, 1.165) is 9.75 Å². The fourth-order valence-electron chi connectivity index (χ4n) is 1.49. The number of hydrogen-bond donors (Lipinski definition) is 1. The van der Waals surface area contributed by atoms with Gasteiger partial charge in [0.05, 0.1) is 12.0 Å². The van der Waals surface area contributed by atoms with Crippen molar-refractivity contribution in [3.63, 3.8) is 0 Å². The molecule has 0 fully saturated rings. The van der Waals surface area contributed by atoms with Gasteiger partial charge in [-0.15, -0.1) is 11.3 Å². The van der Waals surface area contributed by atoms with E-state index >= 15 is 0 Å². The van der Waals surface area contributed by atoms with E-state index in [0.29, 0.717) is 6.42 Å². The van der Waals surface area contributed by atoms with Gasteiger partial charge in [-0.3, -0.25) is 0 Å². The third-order valence-corrected chi connectivity index (χ3v) is 3.71. The molecule has 14 heavy (non-hydrogen) atoms. The van der Waals surface area contributed by atoms with Crippen molar-refractivity contribution in [1.82, 2.24) is 0 Å². The molecular weight excluding hydrogens is 194 g/mol. The Hall–Kier alpha value is -0.850. The average molecular weight is 209 g/mol. The number of nitrogens with zero attached hydrogens (tertiary/aromatic N) is 1. The van der Waals surface area contributed by atoms with Crippen molar-refractivity contribution < 1.29 is 5.11 Å². The molecule has 1 aromatic heterocycles. The van der Waals surface area contributed by atoms with Crippen molar-refractivity contribution in [2.45, 2.75) is 32.8 Å². The summed E-state index contributed by atoms with van der Waals surface area (Å²) in [5.41, 5.74) is -1.01. The molecule has 0 spiro atoms. The Kier molecular flexibility index (Phi) is 3.30. The van der Waals surface area contributed by atoms with Crippen molar-refractivity contribution in [2.75, 3.05) is 0 Å². The number of rotatable bonds is 3. The maximum absolute atomic E-state index is 10.2. The number of aliphatic hydroxyl groups is 1. The molecule has 0 aromatic carbocycles. The summed E-state index contributed by atoms with van der Waals surface area (Å²) in [5, 5.41) is 19.2. The van der Waals surface area contributed by atoms with Gasteiger partial charge in [-0.05, 0) is 32.4 Å². The second kappa shape index (κ2) is 4.12. The summed E-state index contributed by atoms with van der Waals surface area (Å²) in [5.74, 6) is -0.333. The van der Waals surface area contributed by atoms with Gasteiger partial charge in [-0.2, -0.15) is 5.26 Å². The minimum atomic E-state index is -1.01. The second-order valence-corrected chi connectivity index (χ2v) is 4.94. The second-order valence-electron chi connectivity index (χ2n) is 3.65. The molecule has 1 N–H and O–H groups in total. The summed E-state index contributed by atoms with van der Waals surface area (Å²) < 4.78 is 0. The molecule has 2 nitrogen and oxygen atoms in total. The van der Waals surface area contributed by atoms with Crippen molar-refractivity contribution in [1.29, 1.82) is 5.26 Å². The molecule has 0 aliphatic carbocycles. The van der Waals surface area contributed by atoms with Gasteiger partial charge in [-0.1, -0.05) is 6.92 Å². The van der Waals surface area contributed by atoms with Crippen LogP contribution in [0.5, 0.6) is 0 Å². The van der Waals surface area contributed by atoms with Crippen LogP contribution in [0.15, 0.2) is 12.1 Å². The highest BCUT2D eigenvalue weighted by Gasteiger charge is 2.33. The van der Waals surface area contributed by atoms with Crippen LogP contribution in [-0.2, 0) is 5.60 Å². The quantitative estimate of drug-likeness (QED) is 0.832. The first kappa shape index (κ1) is 11.2. The minimum absolute atomic E-state index is 0.333. The Morgan fingerprint density at radius 1 is 1.64 bits per heavy atom. The molecule has 76 valence electrons. The Balaban J connectivity index is 3.01. The van der Waals surface area contributed by atoms with E-state index in [4.69, 9.17) is 5.26 Å². The van der Waals surface area contributed by atoms with Crippen molar-refractivity contribution in [3.05, 3.63) is 21.9 Å². The Morgan fingerprint density at radius 3 is 2.64 bits per heavy atom. The van der Waals surface area contributed by atoms with Gasteiger partial charge in [0.25, 0.3) is 0 Å². The SMILES string of the molecule is CCC(C#N)C(C)(O)c1ccc(C)s1. The molecule has 0 amide bonds. The van der Waals surface area contributed by atoms with E-state index in [9.17, 15) is 5.11 Å². The van der Waals surface area contributed by atoms with Gasteiger partial charge in [-0.25, -0.2) is 0 Å². The molecule has 1 aromatic rings. The molecule has 0 radical (unpaired) electrons. The fourth-order valence-corrected chi connectivity index (χ4v) is 2.46. The molecule has 0 aliphatic heterocycles. The van der Waals surface area contributed by atoms with Gasteiger partial charge >= 0.3 is 0 Å². The van der Waals surface area contributed by atoms with Crippen LogP contribution in [0.25, 0.3) is 0 Å². The average Bonchev–Trinajstić information content (AvgIpc) is 2.54. The van der Waals surface area contributed by atoms with Crippen LogP contribution in [0.2, 0.25) is 0 Å². The fraction of sp³-hybridized carbons (Fsp3) is 0.545. The summed E-state index contributed by atoms with van der Waals surface area (Å²) in [4.78, 5) is 2.04. The van der Waals surface area contributed by atoms with Crippen LogP contribution in [0.1, 0.15) is 30.0 Å². The van der Waals surface area contributed by atoms with E-state index in [-0.39, 0.29) is 5.92 Å². The van der Waals surface area contributed by atoms with E-state index in [1.165, 1.54) is 0 Å². The Bertz CT molecular complexity index is 348. The summed E-state index contributed by atoms with van der Waals surface area (Å²) in [6.45, 7) is 5.63. The predicted molar refractivity (Wildman–Crippen MR) is 58.0 cm³/mol. The van der Waals surface area contributed by atoms with Crippen molar-refractivity contribution in [3.8, 4) is 6.07 Å². The first-order valence-corrected chi connectivity index (χ1v) is 5.53. The molecule has 1 heterocycles. The summed E-state index contributed by atoms with van der Waals surface area (Å²) in [6, 6.07) is 6.03. The zero-order chi connectivity index (χ0) is 10.8. The summed E-state index contributed by atoms with van der Waals surface area (Å²) in [6.07, 6.45) is 0.667. The van der Waals surface area contributed by atoms with Crippen LogP contribution in [-0.4, -0.2) is 5.11 Å². The molecule has 1 rings (SSSR count). The van der Waals surface area contributed by atoms with Crippen molar-refractivity contribution in [2.24, 2.45) is 5.92 Å². The lowest BCUT2D eigenvalue weighted by Crippen LogP contribution is -2.29. The molecule has 0 aliphatic rings. The van der Waals surface area contributed by atoms with Gasteiger partial charge in [0.1, 0.15) is 5.60 Å². The van der Waals surface area contributed by atoms with E-state index in [1.54, 1.807) is 18.3 Å². The predicted octanol–water partition coefficient (Wildman–Crippen LogP) is 2.81. The summed E-state index contributed by atoms with van der Waals surface area (Å²) in [7, 11) is 0. The first-order valence-electron chi connectivity index (χ1n) is 4.71. The zero-order valence-electron chi connectivity index (χ0n) is 8.74. The normalized spacial score (nSPS) is 17.1. The monoisotopic (exact) mass is 209 g/mol. The first-order chi connectivity index (χ1) is 6.52. The van der Waals surface area contributed by atoms with Crippen LogP contribution in [0.4, 0.5) is 0 Å². The highest BCUT2D eigenvalue weighted by atomic mass is 32.1.